The number of halogens is 1. The Labute approximate surface area is 118 Å². The average Bonchev–Trinajstić information content (AvgIpc) is 2.82. The Morgan fingerprint density at radius 1 is 1.28 bits per heavy atom. The van der Waals surface area contributed by atoms with Crippen LogP contribution in [-0.4, -0.2) is 15.8 Å². The van der Waals surface area contributed by atoms with Gasteiger partial charge in [0.25, 0.3) is 0 Å². The fourth-order valence-corrected chi connectivity index (χ4v) is 4.12. The Balaban J connectivity index is 2.05. The first-order valence-electron chi connectivity index (χ1n) is 5.59. The normalized spacial score (nSPS) is 17.8. The molecule has 3 nitrogen and oxygen atoms in total. The highest BCUT2D eigenvalue weighted by Gasteiger charge is 2.34. The van der Waals surface area contributed by atoms with E-state index in [1.54, 1.807) is 6.20 Å². The van der Waals surface area contributed by atoms with Gasteiger partial charge in [0.1, 0.15) is 4.34 Å². The molecule has 0 aliphatic heterocycles. The first-order valence-corrected chi connectivity index (χ1v) is 7.60. The lowest BCUT2D eigenvalue weighted by Crippen LogP contribution is -2.25. The lowest BCUT2D eigenvalue weighted by Gasteiger charge is -2.26. The van der Waals surface area contributed by atoms with Crippen LogP contribution in [0.25, 0.3) is 10.0 Å². The van der Waals surface area contributed by atoms with Crippen molar-refractivity contribution in [2.24, 2.45) is 5.41 Å². The van der Waals surface area contributed by atoms with Crippen LogP contribution in [0.15, 0.2) is 6.20 Å². The molecule has 2 heterocycles. The van der Waals surface area contributed by atoms with Crippen molar-refractivity contribution in [3.63, 3.8) is 0 Å². The SMILES string of the molecule is CC1(C)CC(=O)c2sc(-c3ncc(Cl)s3)nc2C1. The van der Waals surface area contributed by atoms with Gasteiger partial charge in [0.05, 0.1) is 16.8 Å². The third kappa shape index (κ3) is 2.11. The van der Waals surface area contributed by atoms with Gasteiger partial charge in [-0.15, -0.1) is 11.3 Å². The molecule has 0 N–H and O–H groups in total. The molecule has 3 rings (SSSR count). The molecule has 1 aliphatic rings. The summed E-state index contributed by atoms with van der Waals surface area (Å²) in [5, 5.41) is 1.60. The molecule has 0 aromatic carbocycles. The molecular weight excluding hydrogens is 288 g/mol. The third-order valence-electron chi connectivity index (χ3n) is 2.90. The van der Waals surface area contributed by atoms with Gasteiger partial charge in [-0.1, -0.05) is 36.8 Å². The molecule has 18 heavy (non-hydrogen) atoms. The molecule has 2 aromatic heterocycles. The lowest BCUT2D eigenvalue weighted by atomic mass is 9.78. The highest BCUT2D eigenvalue weighted by molar-refractivity contribution is 7.24. The number of Topliss-reactive ketones (excluding diaryl/α,β-unsaturated/α-hetero) is 1. The van der Waals surface area contributed by atoms with E-state index in [0.29, 0.717) is 10.8 Å². The van der Waals surface area contributed by atoms with Gasteiger partial charge in [0.15, 0.2) is 15.8 Å². The predicted octanol–water partition coefficient (Wildman–Crippen LogP) is 4.08. The van der Waals surface area contributed by atoms with Crippen LogP contribution >= 0.6 is 34.3 Å². The summed E-state index contributed by atoms with van der Waals surface area (Å²) in [6.07, 6.45) is 3.07. The van der Waals surface area contributed by atoms with E-state index in [1.165, 1.54) is 22.7 Å². The maximum atomic E-state index is 12.1. The van der Waals surface area contributed by atoms with Crippen LogP contribution in [0.5, 0.6) is 0 Å². The number of fused-ring (bicyclic) bond motifs is 1. The molecule has 94 valence electrons. The summed E-state index contributed by atoms with van der Waals surface area (Å²) in [5.74, 6) is 0.202. The zero-order chi connectivity index (χ0) is 12.9. The summed E-state index contributed by atoms with van der Waals surface area (Å²) in [6.45, 7) is 4.21. The Morgan fingerprint density at radius 2 is 2.06 bits per heavy atom. The number of hydrogen-bond acceptors (Lipinski definition) is 5. The van der Waals surface area contributed by atoms with Crippen LogP contribution < -0.4 is 0 Å². The minimum absolute atomic E-state index is 0.00987. The molecule has 2 aromatic rings. The van der Waals surface area contributed by atoms with E-state index >= 15 is 0 Å². The van der Waals surface area contributed by atoms with E-state index in [0.717, 1.165) is 27.0 Å². The zero-order valence-corrected chi connectivity index (χ0v) is 12.4. The number of aromatic nitrogens is 2. The molecule has 0 unspecified atom stereocenters. The molecule has 0 radical (unpaired) electrons. The lowest BCUT2D eigenvalue weighted by molar-refractivity contribution is 0.0916. The van der Waals surface area contributed by atoms with Crippen LogP contribution in [0.4, 0.5) is 0 Å². The monoisotopic (exact) mass is 298 g/mol. The van der Waals surface area contributed by atoms with Crippen LogP contribution in [0, 0.1) is 5.41 Å². The second-order valence-corrected chi connectivity index (χ2v) is 7.87. The number of rotatable bonds is 1. The first kappa shape index (κ1) is 12.3. The Bertz CT molecular complexity index is 630. The molecule has 6 heteroatoms. The number of carbonyl (C=O) groups is 1. The van der Waals surface area contributed by atoms with Gasteiger partial charge in [-0.3, -0.25) is 4.79 Å². The maximum Gasteiger partial charge on any atom is 0.175 e. The highest BCUT2D eigenvalue weighted by Crippen LogP contribution is 2.40. The third-order valence-corrected chi connectivity index (χ3v) is 5.29. The molecule has 0 fully saturated rings. The molecule has 0 saturated carbocycles. The number of ketones is 1. The van der Waals surface area contributed by atoms with Crippen molar-refractivity contribution < 1.29 is 4.79 Å². The van der Waals surface area contributed by atoms with Crippen molar-refractivity contribution in [2.75, 3.05) is 0 Å². The molecule has 0 atom stereocenters. The average molecular weight is 299 g/mol. The maximum absolute atomic E-state index is 12.1. The van der Waals surface area contributed by atoms with Crippen molar-refractivity contribution in [3.05, 3.63) is 21.1 Å². The van der Waals surface area contributed by atoms with Crippen molar-refractivity contribution in [3.8, 4) is 10.0 Å². The van der Waals surface area contributed by atoms with E-state index in [4.69, 9.17) is 11.6 Å². The summed E-state index contributed by atoms with van der Waals surface area (Å²) in [6, 6.07) is 0. The van der Waals surface area contributed by atoms with Gasteiger partial charge in [0.2, 0.25) is 0 Å². The van der Waals surface area contributed by atoms with E-state index in [1.807, 2.05) is 0 Å². The first-order chi connectivity index (χ1) is 8.44. The van der Waals surface area contributed by atoms with Crippen LogP contribution in [0.2, 0.25) is 4.34 Å². The van der Waals surface area contributed by atoms with E-state index in [-0.39, 0.29) is 11.2 Å². The minimum Gasteiger partial charge on any atom is -0.293 e. The molecule has 0 saturated heterocycles. The van der Waals surface area contributed by atoms with Crippen molar-refractivity contribution in [1.29, 1.82) is 0 Å². The predicted molar refractivity (Wildman–Crippen MR) is 74.7 cm³/mol. The van der Waals surface area contributed by atoms with Crippen molar-refractivity contribution in [1.82, 2.24) is 9.97 Å². The minimum atomic E-state index is 0.00987. The van der Waals surface area contributed by atoms with Gasteiger partial charge in [-0.05, 0) is 11.8 Å². The van der Waals surface area contributed by atoms with Gasteiger partial charge in [-0.25, -0.2) is 9.97 Å². The van der Waals surface area contributed by atoms with E-state index in [2.05, 4.69) is 23.8 Å². The molecule has 1 aliphatic carbocycles. The molecule has 0 amide bonds. The van der Waals surface area contributed by atoms with E-state index < -0.39 is 0 Å². The van der Waals surface area contributed by atoms with Crippen molar-refractivity contribution >= 4 is 40.1 Å². The van der Waals surface area contributed by atoms with Crippen molar-refractivity contribution in [2.45, 2.75) is 26.7 Å². The van der Waals surface area contributed by atoms with E-state index in [9.17, 15) is 4.79 Å². The quantitative estimate of drug-likeness (QED) is 0.797. The summed E-state index contributed by atoms with van der Waals surface area (Å²) in [5.41, 5.74) is 0.929. The Morgan fingerprint density at radius 3 is 2.72 bits per heavy atom. The second kappa shape index (κ2) is 4.11. The second-order valence-electron chi connectivity index (χ2n) is 5.21. The Hall–Kier alpha value is -0.780. The molecule has 0 spiro atoms. The molecule has 0 bridgehead atoms. The van der Waals surface area contributed by atoms with Crippen LogP contribution in [0.1, 0.15) is 35.6 Å². The van der Waals surface area contributed by atoms with Crippen LogP contribution in [-0.2, 0) is 6.42 Å². The topological polar surface area (TPSA) is 42.9 Å². The van der Waals surface area contributed by atoms with Gasteiger partial charge >= 0.3 is 0 Å². The number of thiazole rings is 2. The Kier molecular flexibility index (Phi) is 2.80. The molecular formula is C12H11ClN2OS2. The largest absolute Gasteiger partial charge is 0.293 e. The fourth-order valence-electron chi connectivity index (χ4n) is 2.16. The standard InChI is InChI=1S/C12H11ClN2OS2/c1-12(2)3-6-9(7(16)4-12)18-11(15-6)10-14-5-8(13)17-10/h5H,3-4H2,1-2H3. The summed E-state index contributed by atoms with van der Waals surface area (Å²) in [7, 11) is 0. The van der Waals surface area contributed by atoms with Crippen LogP contribution in [0.3, 0.4) is 0 Å². The zero-order valence-electron chi connectivity index (χ0n) is 9.99. The van der Waals surface area contributed by atoms with Gasteiger partial charge < -0.3 is 0 Å². The van der Waals surface area contributed by atoms with Gasteiger partial charge in [-0.2, -0.15) is 0 Å². The summed E-state index contributed by atoms with van der Waals surface area (Å²) in [4.78, 5) is 21.7. The number of nitrogens with zero attached hydrogens (tertiary/aromatic N) is 2. The fraction of sp³-hybridized carbons (Fsp3) is 0.417. The summed E-state index contributed by atoms with van der Waals surface area (Å²) >= 11 is 8.71. The van der Waals surface area contributed by atoms with Gasteiger partial charge in [0, 0.05) is 6.42 Å². The highest BCUT2D eigenvalue weighted by atomic mass is 35.5. The summed E-state index contributed by atoms with van der Waals surface area (Å²) < 4.78 is 0.643. The smallest absolute Gasteiger partial charge is 0.175 e. The number of carbonyl (C=O) groups excluding carboxylic acids is 1. The number of hydrogen-bond donors (Lipinski definition) is 0.